The third-order valence-electron chi connectivity index (χ3n) is 2.50. The second kappa shape index (κ2) is 5.07. The van der Waals surface area contributed by atoms with Gasteiger partial charge in [-0.2, -0.15) is 0 Å². The predicted octanol–water partition coefficient (Wildman–Crippen LogP) is -0.00410. The van der Waals surface area contributed by atoms with Crippen LogP contribution in [0.5, 0.6) is 5.75 Å². The van der Waals surface area contributed by atoms with E-state index in [4.69, 9.17) is 0 Å². The van der Waals surface area contributed by atoms with Crippen molar-refractivity contribution >= 4 is 23.6 Å². The molecular formula is C12H10N2O4S. The Hall–Kier alpha value is -2.41. The highest BCUT2D eigenvalue weighted by Gasteiger charge is 2.04. The highest BCUT2D eigenvalue weighted by molar-refractivity contribution is 7.07. The molecule has 2 aromatic rings. The number of aromatic hydroxyl groups is 1. The van der Waals surface area contributed by atoms with Crippen LogP contribution in [0.15, 0.2) is 29.1 Å². The number of thiazole rings is 1. The Balaban J connectivity index is 2.69. The molecule has 0 aliphatic carbocycles. The van der Waals surface area contributed by atoms with E-state index in [1.807, 2.05) is 0 Å². The van der Waals surface area contributed by atoms with E-state index in [9.17, 15) is 20.0 Å². The maximum atomic E-state index is 11.9. The van der Waals surface area contributed by atoms with Gasteiger partial charge in [0.1, 0.15) is 5.75 Å². The summed E-state index contributed by atoms with van der Waals surface area (Å²) in [6.45, 7) is 0. The first-order valence-corrected chi connectivity index (χ1v) is 6.11. The highest BCUT2D eigenvalue weighted by Crippen LogP contribution is 2.15. The van der Waals surface area contributed by atoms with Crippen molar-refractivity contribution in [2.24, 2.45) is 7.05 Å². The van der Waals surface area contributed by atoms with Crippen molar-refractivity contribution in [1.29, 1.82) is 0 Å². The molecule has 1 heterocycles. The molecule has 0 fully saturated rings. The maximum Gasteiger partial charge on any atom is 0.268 e. The summed E-state index contributed by atoms with van der Waals surface area (Å²) in [5.74, 6) is 0.0535. The van der Waals surface area contributed by atoms with E-state index in [1.54, 1.807) is 18.2 Å². The van der Waals surface area contributed by atoms with Gasteiger partial charge in [0.05, 0.1) is 9.46 Å². The van der Waals surface area contributed by atoms with Crippen molar-refractivity contribution in [1.82, 2.24) is 4.57 Å². The number of rotatable bonds is 2. The summed E-state index contributed by atoms with van der Waals surface area (Å²) in [4.78, 5) is 21.7. The van der Waals surface area contributed by atoms with Crippen molar-refractivity contribution < 1.29 is 10.0 Å². The molecule has 6 nitrogen and oxygen atoms in total. The van der Waals surface area contributed by atoms with Gasteiger partial charge >= 0.3 is 0 Å². The number of aromatic nitrogens is 1. The zero-order valence-corrected chi connectivity index (χ0v) is 10.8. The molecular weight excluding hydrogens is 268 g/mol. The molecule has 2 rings (SSSR count). The van der Waals surface area contributed by atoms with E-state index >= 15 is 0 Å². The SMILES string of the molecule is Cn1c(=C[N+](=O)[O-])sc(=Cc2ccccc2O)c1=O. The standard InChI is InChI=1S/C12H10N2O4S/c1-13-11(7-14(17)18)19-10(12(13)16)6-8-4-2-3-5-9(8)15/h2-7,15H,1H3. The number of para-hydroxylation sites is 1. The van der Waals surface area contributed by atoms with Crippen molar-refractivity contribution in [2.45, 2.75) is 0 Å². The van der Waals surface area contributed by atoms with E-state index in [1.165, 1.54) is 23.8 Å². The molecule has 0 bridgehead atoms. The lowest BCUT2D eigenvalue weighted by Gasteiger charge is -1.95. The van der Waals surface area contributed by atoms with Crippen LogP contribution in [0.25, 0.3) is 12.3 Å². The molecule has 1 aromatic heterocycles. The summed E-state index contributed by atoms with van der Waals surface area (Å²) in [6.07, 6.45) is 2.30. The number of hydrogen-bond donors (Lipinski definition) is 1. The summed E-state index contributed by atoms with van der Waals surface area (Å²) >= 11 is 1.00. The Morgan fingerprint density at radius 3 is 2.74 bits per heavy atom. The molecule has 1 aromatic carbocycles. The number of nitro groups is 1. The lowest BCUT2D eigenvalue weighted by atomic mass is 10.2. The summed E-state index contributed by atoms with van der Waals surface area (Å²) in [7, 11) is 1.47. The van der Waals surface area contributed by atoms with Gasteiger partial charge in [0, 0.05) is 12.6 Å². The number of nitrogens with zero attached hydrogens (tertiary/aromatic N) is 2. The van der Waals surface area contributed by atoms with Gasteiger partial charge in [-0.3, -0.25) is 19.5 Å². The Kier molecular flexibility index (Phi) is 3.48. The van der Waals surface area contributed by atoms with Crippen LogP contribution in [0.1, 0.15) is 5.56 Å². The molecule has 1 N–H and O–H groups in total. The first kappa shape index (κ1) is 13.0. The molecule has 19 heavy (non-hydrogen) atoms. The minimum absolute atomic E-state index is 0.0535. The van der Waals surface area contributed by atoms with Gasteiger partial charge in [0.15, 0.2) is 4.66 Å². The van der Waals surface area contributed by atoms with E-state index in [2.05, 4.69) is 0 Å². The minimum Gasteiger partial charge on any atom is -0.507 e. The lowest BCUT2D eigenvalue weighted by molar-refractivity contribution is -0.363. The summed E-state index contributed by atoms with van der Waals surface area (Å²) in [5, 5.41) is 20.1. The van der Waals surface area contributed by atoms with E-state index < -0.39 is 4.92 Å². The van der Waals surface area contributed by atoms with Gasteiger partial charge < -0.3 is 5.11 Å². The molecule has 7 heteroatoms. The second-order valence-corrected chi connectivity index (χ2v) is 4.85. The third kappa shape index (κ3) is 2.71. The number of benzene rings is 1. The van der Waals surface area contributed by atoms with Crippen molar-refractivity contribution in [2.75, 3.05) is 0 Å². The smallest absolute Gasteiger partial charge is 0.268 e. The zero-order chi connectivity index (χ0) is 14.0. The van der Waals surface area contributed by atoms with Crippen LogP contribution in [0.3, 0.4) is 0 Å². The first-order valence-electron chi connectivity index (χ1n) is 5.30. The normalized spacial score (nSPS) is 12.9. The fraction of sp³-hybridized carbons (Fsp3) is 0.0833. The Morgan fingerprint density at radius 2 is 2.11 bits per heavy atom. The Labute approximate surface area is 111 Å². The molecule has 0 aliphatic heterocycles. The number of phenols is 1. The topological polar surface area (TPSA) is 85.4 Å². The van der Waals surface area contributed by atoms with Gasteiger partial charge in [-0.1, -0.05) is 18.2 Å². The quantitative estimate of drug-likeness (QED) is 0.618. The summed E-state index contributed by atoms with van der Waals surface area (Å²) in [5.41, 5.74) is 0.162. The molecule has 0 saturated carbocycles. The Bertz CT molecular complexity index is 804. The molecule has 0 spiro atoms. The average molecular weight is 278 g/mol. The molecule has 0 radical (unpaired) electrons. The molecule has 0 amide bonds. The summed E-state index contributed by atoms with van der Waals surface area (Å²) in [6, 6.07) is 6.57. The molecule has 0 unspecified atom stereocenters. The lowest BCUT2D eigenvalue weighted by Crippen LogP contribution is -2.29. The fourth-order valence-electron chi connectivity index (χ4n) is 1.54. The first-order chi connectivity index (χ1) is 8.99. The van der Waals surface area contributed by atoms with Gasteiger partial charge in [0.25, 0.3) is 11.8 Å². The van der Waals surface area contributed by atoms with Crippen LogP contribution >= 0.6 is 11.3 Å². The molecule has 0 atom stereocenters. The van der Waals surface area contributed by atoms with E-state index in [-0.39, 0.29) is 16.0 Å². The van der Waals surface area contributed by atoms with Gasteiger partial charge in [0.2, 0.25) is 0 Å². The average Bonchev–Trinajstić information content (AvgIpc) is 2.60. The summed E-state index contributed by atoms with van der Waals surface area (Å²) < 4.78 is 1.79. The highest BCUT2D eigenvalue weighted by atomic mass is 32.1. The van der Waals surface area contributed by atoms with E-state index in [0.29, 0.717) is 10.1 Å². The largest absolute Gasteiger partial charge is 0.507 e. The number of hydrogen-bond acceptors (Lipinski definition) is 5. The van der Waals surface area contributed by atoms with Crippen LogP contribution in [0.2, 0.25) is 0 Å². The van der Waals surface area contributed by atoms with E-state index in [0.717, 1.165) is 17.5 Å². The molecule has 0 saturated heterocycles. The Morgan fingerprint density at radius 1 is 1.42 bits per heavy atom. The van der Waals surface area contributed by atoms with Crippen molar-refractivity contribution in [3.63, 3.8) is 0 Å². The van der Waals surface area contributed by atoms with Crippen LogP contribution in [0.4, 0.5) is 0 Å². The van der Waals surface area contributed by atoms with Crippen molar-refractivity contribution in [3.05, 3.63) is 59.5 Å². The van der Waals surface area contributed by atoms with Crippen molar-refractivity contribution in [3.8, 4) is 5.75 Å². The maximum absolute atomic E-state index is 11.9. The molecule has 0 aliphatic rings. The fourth-order valence-corrected chi connectivity index (χ4v) is 2.53. The van der Waals surface area contributed by atoms with Gasteiger partial charge in [-0.15, -0.1) is 11.3 Å². The molecule has 98 valence electrons. The second-order valence-electron chi connectivity index (χ2n) is 3.79. The zero-order valence-electron chi connectivity index (χ0n) is 9.94. The van der Waals surface area contributed by atoms with Gasteiger partial charge in [-0.25, -0.2) is 0 Å². The van der Waals surface area contributed by atoms with Gasteiger partial charge in [-0.05, 0) is 12.1 Å². The number of phenolic OH excluding ortho intramolecular Hbond substituents is 1. The van der Waals surface area contributed by atoms with Crippen LogP contribution in [-0.4, -0.2) is 14.6 Å². The monoisotopic (exact) mass is 278 g/mol. The predicted molar refractivity (Wildman–Crippen MR) is 71.9 cm³/mol. The minimum atomic E-state index is -0.602. The third-order valence-corrected chi connectivity index (χ3v) is 3.60. The van der Waals surface area contributed by atoms with Crippen LogP contribution in [0, 0.1) is 10.1 Å². The van der Waals surface area contributed by atoms with Crippen LogP contribution < -0.4 is 14.8 Å². The van der Waals surface area contributed by atoms with Crippen LogP contribution in [-0.2, 0) is 7.05 Å².